The topological polar surface area (TPSA) is 35.6 Å². The van der Waals surface area contributed by atoms with Gasteiger partial charge in [0.1, 0.15) is 0 Å². The van der Waals surface area contributed by atoms with Gasteiger partial charge in [0.05, 0.1) is 0 Å². The van der Waals surface area contributed by atoms with Gasteiger partial charge in [-0.25, -0.2) is 0 Å². The van der Waals surface area contributed by atoms with E-state index >= 15 is 0 Å². The lowest BCUT2D eigenvalue weighted by Gasteiger charge is -2.36. The number of piperazine rings is 1. The van der Waals surface area contributed by atoms with Crippen LogP contribution in [-0.2, 0) is 4.79 Å². The van der Waals surface area contributed by atoms with Crippen molar-refractivity contribution < 1.29 is 4.79 Å². The molecule has 4 nitrogen and oxygen atoms in total. The Morgan fingerprint density at radius 3 is 2.67 bits per heavy atom. The van der Waals surface area contributed by atoms with E-state index in [1.807, 2.05) is 0 Å². The van der Waals surface area contributed by atoms with Crippen molar-refractivity contribution >= 4 is 11.6 Å². The van der Waals surface area contributed by atoms with Crippen LogP contribution in [-0.4, -0.2) is 49.6 Å². The van der Waals surface area contributed by atoms with Crippen LogP contribution >= 0.6 is 0 Å². The van der Waals surface area contributed by atoms with Gasteiger partial charge in [-0.3, -0.25) is 9.69 Å². The summed E-state index contributed by atoms with van der Waals surface area (Å²) in [5, 5.41) is 3.31. The first-order chi connectivity index (χ1) is 13.1. The second kappa shape index (κ2) is 8.22. The molecule has 1 aromatic carbocycles. The molecule has 4 heteroatoms. The Kier molecular flexibility index (Phi) is 5.72. The largest absolute Gasteiger partial charge is 0.369 e. The number of hydrogen-bond donors (Lipinski definition) is 1. The number of fused-ring (bicyclic) bond motifs is 2. The molecule has 2 bridgehead atoms. The van der Waals surface area contributed by atoms with Crippen molar-refractivity contribution in [1.29, 1.82) is 0 Å². The predicted octanol–water partition coefficient (Wildman–Crippen LogP) is 3.45. The number of nitrogens with zero attached hydrogens (tertiary/aromatic N) is 2. The van der Waals surface area contributed by atoms with Crippen LogP contribution in [0.1, 0.15) is 44.6 Å². The summed E-state index contributed by atoms with van der Waals surface area (Å²) in [5.41, 5.74) is 2.68. The molecule has 1 aliphatic heterocycles. The fraction of sp³-hybridized carbons (Fsp3) is 0.696. The van der Waals surface area contributed by atoms with Gasteiger partial charge in [-0.15, -0.1) is 0 Å². The molecule has 0 unspecified atom stereocenters. The summed E-state index contributed by atoms with van der Waals surface area (Å²) in [6.07, 6.45) is 6.14. The Labute approximate surface area is 164 Å². The summed E-state index contributed by atoms with van der Waals surface area (Å²) < 4.78 is 0. The summed E-state index contributed by atoms with van der Waals surface area (Å²) in [4.78, 5) is 17.6. The van der Waals surface area contributed by atoms with Gasteiger partial charge in [0, 0.05) is 50.4 Å². The van der Waals surface area contributed by atoms with E-state index in [0.717, 1.165) is 51.5 Å². The zero-order chi connectivity index (χ0) is 18.8. The summed E-state index contributed by atoms with van der Waals surface area (Å²) in [7, 11) is 0. The van der Waals surface area contributed by atoms with Gasteiger partial charge in [-0.05, 0) is 69.1 Å². The van der Waals surface area contributed by atoms with E-state index < -0.39 is 0 Å². The molecule has 4 rings (SSSR count). The van der Waals surface area contributed by atoms with Crippen molar-refractivity contribution in [2.24, 2.45) is 17.8 Å². The van der Waals surface area contributed by atoms with Crippen molar-refractivity contribution in [3.8, 4) is 0 Å². The van der Waals surface area contributed by atoms with Crippen LogP contribution in [0.25, 0.3) is 0 Å². The first-order valence-electron chi connectivity index (χ1n) is 10.9. The predicted molar refractivity (Wildman–Crippen MR) is 111 cm³/mol. The highest BCUT2D eigenvalue weighted by Gasteiger charge is 2.43. The molecule has 0 spiro atoms. The third kappa shape index (κ3) is 4.48. The van der Waals surface area contributed by atoms with Crippen LogP contribution in [0.3, 0.4) is 0 Å². The van der Waals surface area contributed by atoms with Gasteiger partial charge >= 0.3 is 0 Å². The fourth-order valence-electron chi connectivity index (χ4n) is 5.42. The van der Waals surface area contributed by atoms with E-state index in [4.69, 9.17) is 0 Å². The maximum Gasteiger partial charge on any atom is 0.223 e. The smallest absolute Gasteiger partial charge is 0.223 e. The highest BCUT2D eigenvalue weighted by molar-refractivity contribution is 5.79. The average Bonchev–Trinajstić information content (AvgIpc) is 3.30. The number of aryl methyl sites for hydroxylation is 1. The molecule has 0 radical (unpaired) electrons. The maximum atomic E-state index is 12.6. The van der Waals surface area contributed by atoms with Gasteiger partial charge in [-0.1, -0.05) is 18.6 Å². The molecule has 0 aromatic heterocycles. The van der Waals surface area contributed by atoms with Crippen molar-refractivity contribution in [3.05, 3.63) is 29.8 Å². The lowest BCUT2D eigenvalue weighted by molar-refractivity contribution is -0.127. The van der Waals surface area contributed by atoms with E-state index in [-0.39, 0.29) is 6.04 Å². The summed E-state index contributed by atoms with van der Waals surface area (Å²) in [5.74, 6) is 2.16. The Balaban J connectivity index is 1.17. The highest BCUT2D eigenvalue weighted by Crippen LogP contribution is 2.48. The van der Waals surface area contributed by atoms with Crippen molar-refractivity contribution in [1.82, 2.24) is 10.2 Å². The summed E-state index contributed by atoms with van der Waals surface area (Å²) in [6.45, 7) is 9.83. The Hall–Kier alpha value is -1.55. The number of benzene rings is 1. The maximum absolute atomic E-state index is 12.6. The number of amides is 1. The van der Waals surface area contributed by atoms with Crippen LogP contribution < -0.4 is 10.2 Å². The monoisotopic (exact) mass is 369 g/mol. The standard InChI is InChI=1S/C23H35N3O/c1-17-4-3-5-21(14-17)26-12-10-25(11-13-26)9-8-18(2)24-23(27)22-16-19-6-7-20(22)15-19/h3-5,14,18-20,22H,6-13,15-16H2,1-2H3,(H,24,27)/t18-,19-,20-,22+/m0/s1. The Bertz CT molecular complexity index is 653. The fourth-order valence-corrected chi connectivity index (χ4v) is 5.42. The molecule has 1 heterocycles. The van der Waals surface area contributed by atoms with Crippen LogP contribution in [0.4, 0.5) is 5.69 Å². The number of nitrogens with one attached hydrogen (secondary N) is 1. The first-order valence-corrected chi connectivity index (χ1v) is 10.9. The molecule has 1 aromatic rings. The Morgan fingerprint density at radius 1 is 1.19 bits per heavy atom. The first kappa shape index (κ1) is 18.8. The quantitative estimate of drug-likeness (QED) is 0.834. The second-order valence-corrected chi connectivity index (χ2v) is 9.15. The van der Waals surface area contributed by atoms with E-state index in [1.54, 1.807) is 0 Å². The summed E-state index contributed by atoms with van der Waals surface area (Å²) in [6, 6.07) is 9.09. The van der Waals surface area contributed by atoms with Gasteiger partial charge in [0.25, 0.3) is 0 Å². The molecular weight excluding hydrogens is 334 g/mol. The van der Waals surface area contributed by atoms with Crippen molar-refractivity contribution in [3.63, 3.8) is 0 Å². The summed E-state index contributed by atoms with van der Waals surface area (Å²) >= 11 is 0. The van der Waals surface area contributed by atoms with E-state index in [1.165, 1.54) is 30.5 Å². The van der Waals surface area contributed by atoms with Crippen LogP contribution in [0.2, 0.25) is 0 Å². The minimum absolute atomic E-state index is 0.284. The third-order valence-corrected chi connectivity index (χ3v) is 7.08. The number of carbonyl (C=O) groups excluding carboxylic acids is 1. The van der Waals surface area contributed by atoms with Crippen molar-refractivity contribution in [2.45, 2.75) is 52.0 Å². The lowest BCUT2D eigenvalue weighted by Crippen LogP contribution is -2.48. The SMILES string of the molecule is Cc1cccc(N2CCN(CC[C@H](C)NC(=O)[C@@H]3C[C@H]4CC[C@H]3C4)CC2)c1. The zero-order valence-electron chi connectivity index (χ0n) is 17.0. The molecule has 27 heavy (non-hydrogen) atoms. The molecule has 3 fully saturated rings. The number of rotatable bonds is 6. The Morgan fingerprint density at radius 2 is 2.00 bits per heavy atom. The molecule has 148 valence electrons. The van der Waals surface area contributed by atoms with E-state index in [9.17, 15) is 4.79 Å². The molecule has 2 aliphatic carbocycles. The number of anilines is 1. The van der Waals surface area contributed by atoms with E-state index in [0.29, 0.717) is 17.7 Å². The second-order valence-electron chi connectivity index (χ2n) is 9.15. The van der Waals surface area contributed by atoms with Gasteiger partial charge < -0.3 is 10.2 Å². The molecule has 2 saturated carbocycles. The minimum Gasteiger partial charge on any atom is -0.369 e. The molecule has 1 saturated heterocycles. The lowest BCUT2D eigenvalue weighted by atomic mass is 9.88. The highest BCUT2D eigenvalue weighted by atomic mass is 16.2. The molecule has 4 atom stereocenters. The van der Waals surface area contributed by atoms with Crippen LogP contribution in [0.5, 0.6) is 0 Å². The molecule has 3 aliphatic rings. The van der Waals surface area contributed by atoms with E-state index in [2.05, 4.69) is 53.2 Å². The third-order valence-electron chi connectivity index (χ3n) is 7.08. The van der Waals surface area contributed by atoms with Crippen LogP contribution in [0, 0.1) is 24.7 Å². The van der Waals surface area contributed by atoms with Crippen LogP contribution in [0.15, 0.2) is 24.3 Å². The molecule has 1 N–H and O–H groups in total. The van der Waals surface area contributed by atoms with Crippen molar-refractivity contribution in [2.75, 3.05) is 37.6 Å². The minimum atomic E-state index is 0.284. The van der Waals surface area contributed by atoms with Gasteiger partial charge in [-0.2, -0.15) is 0 Å². The normalized spacial score (nSPS) is 29.1. The van der Waals surface area contributed by atoms with Gasteiger partial charge in [0.15, 0.2) is 0 Å². The number of hydrogen-bond acceptors (Lipinski definition) is 3. The molecular formula is C23H35N3O. The average molecular weight is 370 g/mol. The number of carbonyl (C=O) groups is 1. The van der Waals surface area contributed by atoms with Gasteiger partial charge in [0.2, 0.25) is 5.91 Å². The zero-order valence-corrected chi connectivity index (χ0v) is 17.0. The molecule has 1 amide bonds.